The molecule has 0 unspecified atom stereocenters. The molecule has 4 nitrogen and oxygen atoms in total. The molecule has 0 radical (unpaired) electrons. The van der Waals surface area contributed by atoms with E-state index in [9.17, 15) is 9.59 Å². The highest BCUT2D eigenvalue weighted by Gasteiger charge is 2.04. The third-order valence-electron chi connectivity index (χ3n) is 1.53. The molecule has 0 amide bonds. The van der Waals surface area contributed by atoms with Crippen LogP contribution in [-0.4, -0.2) is 25.7 Å². The molecule has 0 rings (SSSR count). The van der Waals surface area contributed by atoms with Crippen LogP contribution < -0.4 is 0 Å². The van der Waals surface area contributed by atoms with Crippen molar-refractivity contribution in [1.82, 2.24) is 0 Å². The Bertz CT molecular complexity index is 165. The number of esters is 2. The predicted molar refractivity (Wildman–Crippen MR) is 47.1 cm³/mol. The average Bonchev–Trinajstić information content (AvgIpc) is 2.14. The van der Waals surface area contributed by atoms with Crippen molar-refractivity contribution in [2.45, 2.75) is 32.6 Å². The highest BCUT2D eigenvalue weighted by atomic mass is 16.5. The molecule has 0 fully saturated rings. The topological polar surface area (TPSA) is 52.6 Å². The van der Waals surface area contributed by atoms with Crippen LogP contribution in [0.25, 0.3) is 0 Å². The van der Waals surface area contributed by atoms with Crippen molar-refractivity contribution in [3.8, 4) is 0 Å². The Morgan fingerprint density at radius 3 is 2.38 bits per heavy atom. The summed E-state index contributed by atoms with van der Waals surface area (Å²) in [6.45, 7) is 2.12. The minimum Gasteiger partial charge on any atom is -0.469 e. The maximum atomic E-state index is 10.9. The van der Waals surface area contributed by atoms with E-state index in [1.807, 2.05) is 6.92 Å². The van der Waals surface area contributed by atoms with Crippen LogP contribution in [0, 0.1) is 0 Å². The molecule has 76 valence electrons. The lowest BCUT2D eigenvalue weighted by atomic mass is 10.2. The van der Waals surface area contributed by atoms with Gasteiger partial charge in [-0.2, -0.15) is 0 Å². The molecule has 0 saturated heterocycles. The van der Waals surface area contributed by atoms with Crippen LogP contribution in [0.3, 0.4) is 0 Å². The first-order valence-electron chi connectivity index (χ1n) is 4.43. The van der Waals surface area contributed by atoms with Crippen molar-refractivity contribution in [1.29, 1.82) is 0 Å². The summed E-state index contributed by atoms with van der Waals surface area (Å²) in [5.74, 6) is -0.603. The van der Waals surface area contributed by atoms with E-state index in [1.165, 1.54) is 7.11 Å². The van der Waals surface area contributed by atoms with Crippen molar-refractivity contribution >= 4 is 11.9 Å². The number of unbranched alkanes of at least 4 members (excludes halogenated alkanes) is 1. The molecule has 13 heavy (non-hydrogen) atoms. The van der Waals surface area contributed by atoms with Gasteiger partial charge in [0.15, 0.2) is 0 Å². The summed E-state index contributed by atoms with van der Waals surface area (Å²) >= 11 is 0. The molecule has 0 saturated carbocycles. The number of methoxy groups -OCH3 is 1. The monoisotopic (exact) mass is 188 g/mol. The average molecular weight is 188 g/mol. The van der Waals surface area contributed by atoms with Crippen molar-refractivity contribution in [2.24, 2.45) is 0 Å². The van der Waals surface area contributed by atoms with E-state index in [2.05, 4.69) is 4.74 Å². The molecule has 0 aromatic rings. The van der Waals surface area contributed by atoms with Crippen molar-refractivity contribution < 1.29 is 19.1 Å². The van der Waals surface area contributed by atoms with Crippen LogP contribution in [0.15, 0.2) is 0 Å². The Morgan fingerprint density at radius 2 is 1.85 bits per heavy atom. The number of hydrogen-bond acceptors (Lipinski definition) is 4. The van der Waals surface area contributed by atoms with Crippen LogP contribution in [0.5, 0.6) is 0 Å². The van der Waals surface area contributed by atoms with E-state index in [4.69, 9.17) is 4.74 Å². The zero-order chi connectivity index (χ0) is 10.1. The second-order valence-corrected chi connectivity index (χ2v) is 2.65. The highest BCUT2D eigenvalue weighted by Crippen LogP contribution is 1.97. The number of ether oxygens (including phenoxy) is 2. The first-order valence-corrected chi connectivity index (χ1v) is 4.43. The zero-order valence-electron chi connectivity index (χ0n) is 8.17. The molecule has 0 atom stereocenters. The van der Waals surface area contributed by atoms with Crippen LogP contribution in [0.4, 0.5) is 0 Å². The number of carbonyl (C=O) groups is 2. The van der Waals surface area contributed by atoms with E-state index in [0.29, 0.717) is 6.42 Å². The molecule has 0 N–H and O–H groups in total. The standard InChI is InChI=1S/C9H16O4/c1-3-4-5-9(11)13-7-6-8(10)12-2/h3-7H2,1-2H3. The van der Waals surface area contributed by atoms with E-state index in [0.717, 1.165) is 12.8 Å². The van der Waals surface area contributed by atoms with Gasteiger partial charge < -0.3 is 9.47 Å². The second kappa shape index (κ2) is 7.58. The van der Waals surface area contributed by atoms with Crippen molar-refractivity contribution in [3.63, 3.8) is 0 Å². The molecule has 0 spiro atoms. The lowest BCUT2D eigenvalue weighted by molar-refractivity contribution is -0.147. The van der Waals surface area contributed by atoms with E-state index >= 15 is 0 Å². The number of carbonyl (C=O) groups excluding carboxylic acids is 2. The smallest absolute Gasteiger partial charge is 0.308 e. The molecule has 0 aliphatic carbocycles. The van der Waals surface area contributed by atoms with Crippen molar-refractivity contribution in [3.05, 3.63) is 0 Å². The van der Waals surface area contributed by atoms with E-state index in [1.54, 1.807) is 0 Å². The third-order valence-corrected chi connectivity index (χ3v) is 1.53. The first kappa shape index (κ1) is 11.9. The number of rotatable bonds is 6. The van der Waals surface area contributed by atoms with Gasteiger partial charge in [-0.25, -0.2) is 0 Å². The summed E-state index contributed by atoms with van der Waals surface area (Å²) < 4.78 is 9.16. The van der Waals surface area contributed by atoms with Crippen LogP contribution in [0.2, 0.25) is 0 Å². The number of hydrogen-bond donors (Lipinski definition) is 0. The maximum absolute atomic E-state index is 10.9. The molecule has 0 aromatic heterocycles. The summed E-state index contributed by atoms with van der Waals surface area (Å²) in [5, 5.41) is 0. The normalized spacial score (nSPS) is 9.38. The Balaban J connectivity index is 3.31. The molecular formula is C9H16O4. The molecule has 0 heterocycles. The fourth-order valence-electron chi connectivity index (χ4n) is 0.744. The molecule has 0 aromatic carbocycles. The fourth-order valence-corrected chi connectivity index (χ4v) is 0.744. The van der Waals surface area contributed by atoms with Gasteiger partial charge in [-0.3, -0.25) is 9.59 Å². The van der Waals surface area contributed by atoms with Gasteiger partial charge in [0.1, 0.15) is 6.61 Å². The summed E-state index contributed by atoms with van der Waals surface area (Å²) in [7, 11) is 1.31. The first-order chi connectivity index (χ1) is 6.20. The maximum Gasteiger partial charge on any atom is 0.308 e. The Kier molecular flexibility index (Phi) is 6.96. The predicted octanol–water partition coefficient (Wildman–Crippen LogP) is 1.28. The van der Waals surface area contributed by atoms with Gasteiger partial charge in [0.25, 0.3) is 0 Å². The Hall–Kier alpha value is -1.06. The van der Waals surface area contributed by atoms with Crippen LogP contribution in [0.1, 0.15) is 32.6 Å². The largest absolute Gasteiger partial charge is 0.469 e. The third kappa shape index (κ3) is 7.31. The lowest BCUT2D eigenvalue weighted by Gasteiger charge is -2.02. The van der Waals surface area contributed by atoms with Crippen LogP contribution >= 0.6 is 0 Å². The molecule has 4 heteroatoms. The van der Waals surface area contributed by atoms with E-state index in [-0.39, 0.29) is 25.0 Å². The Morgan fingerprint density at radius 1 is 1.15 bits per heavy atom. The van der Waals surface area contributed by atoms with Crippen LogP contribution in [-0.2, 0) is 19.1 Å². The minimum atomic E-state index is -0.358. The SMILES string of the molecule is CCCCC(=O)OCCC(=O)OC. The summed E-state index contributed by atoms with van der Waals surface area (Å²) in [6.07, 6.45) is 2.36. The summed E-state index contributed by atoms with van der Waals surface area (Å²) in [6, 6.07) is 0. The molecule has 0 bridgehead atoms. The zero-order valence-corrected chi connectivity index (χ0v) is 8.17. The lowest BCUT2D eigenvalue weighted by Crippen LogP contribution is -2.10. The summed E-state index contributed by atoms with van der Waals surface area (Å²) in [4.78, 5) is 21.5. The van der Waals surface area contributed by atoms with E-state index < -0.39 is 0 Å². The van der Waals surface area contributed by atoms with Gasteiger partial charge in [-0.1, -0.05) is 13.3 Å². The fraction of sp³-hybridized carbons (Fsp3) is 0.778. The molecule has 0 aliphatic heterocycles. The molecule has 0 aliphatic rings. The van der Waals surface area contributed by atoms with Gasteiger partial charge in [0, 0.05) is 6.42 Å². The Labute approximate surface area is 78.2 Å². The minimum absolute atomic E-state index is 0.120. The second-order valence-electron chi connectivity index (χ2n) is 2.65. The van der Waals surface area contributed by atoms with Gasteiger partial charge >= 0.3 is 11.9 Å². The summed E-state index contributed by atoms with van der Waals surface area (Å²) in [5.41, 5.74) is 0. The van der Waals surface area contributed by atoms with Gasteiger partial charge in [-0.05, 0) is 6.42 Å². The van der Waals surface area contributed by atoms with Crippen molar-refractivity contribution in [2.75, 3.05) is 13.7 Å². The quantitative estimate of drug-likeness (QED) is 0.589. The molecular weight excluding hydrogens is 172 g/mol. The van der Waals surface area contributed by atoms with Gasteiger partial charge in [0.05, 0.1) is 13.5 Å². The van der Waals surface area contributed by atoms with Gasteiger partial charge in [-0.15, -0.1) is 0 Å². The van der Waals surface area contributed by atoms with Gasteiger partial charge in [0.2, 0.25) is 0 Å². The highest BCUT2D eigenvalue weighted by molar-refractivity contribution is 5.71.